The summed E-state index contributed by atoms with van der Waals surface area (Å²) in [6.07, 6.45) is 2.51. The van der Waals surface area contributed by atoms with Gasteiger partial charge in [-0.25, -0.2) is 0 Å². The van der Waals surface area contributed by atoms with Crippen LogP contribution in [0.15, 0.2) is 22.7 Å². The number of nitrogens with one attached hydrogen (secondary N) is 2. The van der Waals surface area contributed by atoms with Crippen LogP contribution in [0.4, 0.5) is 5.69 Å². The van der Waals surface area contributed by atoms with Crippen LogP contribution < -0.4 is 5.32 Å². The van der Waals surface area contributed by atoms with Gasteiger partial charge >= 0.3 is 0 Å². The van der Waals surface area contributed by atoms with Crippen LogP contribution in [-0.4, -0.2) is 22.6 Å². The molecule has 3 rings (SSSR count). The Morgan fingerprint density at radius 3 is 2.82 bits per heavy atom. The van der Waals surface area contributed by atoms with Gasteiger partial charge in [0.15, 0.2) is 0 Å². The van der Waals surface area contributed by atoms with Crippen LogP contribution in [0.2, 0.25) is 0 Å². The van der Waals surface area contributed by atoms with E-state index in [0.717, 1.165) is 38.2 Å². The molecule has 0 aliphatic carbocycles. The zero-order valence-electron chi connectivity index (χ0n) is 12.5. The largest absolute Gasteiger partial charge is 0.396 e. The number of benzene rings is 1. The van der Waals surface area contributed by atoms with Gasteiger partial charge in [0.2, 0.25) is 0 Å². The van der Waals surface area contributed by atoms with Crippen molar-refractivity contribution in [3.63, 3.8) is 0 Å². The molecule has 0 saturated carbocycles. The van der Waals surface area contributed by atoms with Crippen molar-refractivity contribution in [1.29, 1.82) is 0 Å². The average Bonchev–Trinajstić information content (AvgIpc) is 2.91. The van der Waals surface area contributed by atoms with Crippen LogP contribution >= 0.6 is 15.9 Å². The van der Waals surface area contributed by atoms with Gasteiger partial charge in [-0.05, 0) is 49.6 Å². The lowest BCUT2D eigenvalue weighted by molar-refractivity contribution is -0.110. The summed E-state index contributed by atoms with van der Waals surface area (Å²) < 4.78 is 0.935. The quantitative estimate of drug-likeness (QED) is 0.734. The van der Waals surface area contributed by atoms with Crippen LogP contribution in [0.1, 0.15) is 28.1 Å². The number of aromatic nitrogens is 1. The van der Waals surface area contributed by atoms with Gasteiger partial charge in [-0.15, -0.1) is 0 Å². The maximum absolute atomic E-state index is 12.2. The van der Waals surface area contributed by atoms with Gasteiger partial charge in [0.05, 0.1) is 11.3 Å². The predicted molar refractivity (Wildman–Crippen MR) is 91.7 cm³/mol. The number of carbonyl (C=O) groups excluding carboxylic acids is 1. The molecule has 2 heterocycles. The van der Waals surface area contributed by atoms with E-state index in [1.165, 1.54) is 0 Å². The zero-order valence-corrected chi connectivity index (χ0v) is 14.0. The van der Waals surface area contributed by atoms with E-state index < -0.39 is 0 Å². The predicted octanol–water partition coefficient (Wildman–Crippen LogP) is 3.42. The number of aromatic amines is 1. The van der Waals surface area contributed by atoms with Crippen LogP contribution in [-0.2, 0) is 11.2 Å². The van der Waals surface area contributed by atoms with E-state index in [4.69, 9.17) is 5.11 Å². The van der Waals surface area contributed by atoms with E-state index in [2.05, 4.69) is 26.2 Å². The van der Waals surface area contributed by atoms with E-state index in [0.29, 0.717) is 12.0 Å². The molecule has 2 aromatic rings. The second kappa shape index (κ2) is 5.74. The van der Waals surface area contributed by atoms with Crippen molar-refractivity contribution >= 4 is 39.2 Å². The fraction of sp³-hybridized carbons (Fsp3) is 0.235. The third-order valence-electron chi connectivity index (χ3n) is 4.05. The minimum atomic E-state index is -0.0940. The van der Waals surface area contributed by atoms with Crippen molar-refractivity contribution in [3.05, 3.63) is 50.8 Å². The van der Waals surface area contributed by atoms with Crippen molar-refractivity contribution in [2.45, 2.75) is 20.3 Å². The van der Waals surface area contributed by atoms with Gasteiger partial charge in [0, 0.05) is 28.0 Å². The zero-order chi connectivity index (χ0) is 15.9. The molecule has 0 fully saturated rings. The van der Waals surface area contributed by atoms with Gasteiger partial charge < -0.3 is 15.4 Å². The molecule has 114 valence electrons. The third-order valence-corrected chi connectivity index (χ3v) is 4.54. The van der Waals surface area contributed by atoms with E-state index >= 15 is 0 Å². The topological polar surface area (TPSA) is 65.1 Å². The molecular formula is C17H17BrN2O2. The van der Waals surface area contributed by atoms with Gasteiger partial charge in [-0.2, -0.15) is 0 Å². The van der Waals surface area contributed by atoms with Crippen LogP contribution in [0, 0.1) is 13.8 Å². The molecule has 1 aromatic carbocycles. The molecule has 22 heavy (non-hydrogen) atoms. The molecule has 5 heteroatoms. The minimum Gasteiger partial charge on any atom is -0.396 e. The first-order valence-corrected chi connectivity index (χ1v) is 7.92. The number of anilines is 1. The highest BCUT2D eigenvalue weighted by molar-refractivity contribution is 9.10. The molecule has 1 amide bonds. The highest BCUT2D eigenvalue weighted by atomic mass is 79.9. The number of aliphatic hydroxyl groups excluding tert-OH is 1. The smallest absolute Gasteiger partial charge is 0.256 e. The average molecular weight is 361 g/mol. The first-order valence-electron chi connectivity index (χ1n) is 7.13. The normalized spacial score (nSPS) is 15.3. The fourth-order valence-corrected chi connectivity index (χ4v) is 3.26. The van der Waals surface area contributed by atoms with Crippen molar-refractivity contribution in [2.24, 2.45) is 0 Å². The van der Waals surface area contributed by atoms with Gasteiger partial charge in [-0.1, -0.05) is 22.0 Å². The number of aliphatic hydroxyl groups is 1. The molecule has 0 saturated heterocycles. The Kier molecular flexibility index (Phi) is 3.93. The summed E-state index contributed by atoms with van der Waals surface area (Å²) in [4.78, 5) is 15.5. The number of hydrogen-bond donors (Lipinski definition) is 3. The molecule has 1 aliphatic heterocycles. The second-order valence-electron chi connectivity index (χ2n) is 5.44. The molecule has 0 bridgehead atoms. The fourth-order valence-electron chi connectivity index (χ4n) is 2.90. The number of H-pyrrole nitrogens is 1. The number of carbonyl (C=O) groups is 1. The van der Waals surface area contributed by atoms with Crippen molar-refractivity contribution in [1.82, 2.24) is 4.98 Å². The lowest BCUT2D eigenvalue weighted by Crippen LogP contribution is -2.03. The summed E-state index contributed by atoms with van der Waals surface area (Å²) in [6, 6.07) is 5.76. The van der Waals surface area contributed by atoms with E-state index in [1.54, 1.807) is 0 Å². The third kappa shape index (κ3) is 2.51. The molecule has 0 radical (unpaired) electrons. The van der Waals surface area contributed by atoms with Crippen molar-refractivity contribution in [3.8, 4) is 0 Å². The Morgan fingerprint density at radius 1 is 1.32 bits per heavy atom. The molecular weight excluding hydrogens is 344 g/mol. The molecule has 4 nitrogen and oxygen atoms in total. The van der Waals surface area contributed by atoms with Crippen LogP contribution in [0.3, 0.4) is 0 Å². The van der Waals surface area contributed by atoms with E-state index in [9.17, 15) is 4.79 Å². The number of aryl methyl sites for hydroxylation is 1. The highest BCUT2D eigenvalue weighted by Crippen LogP contribution is 2.35. The van der Waals surface area contributed by atoms with Gasteiger partial charge in [0.25, 0.3) is 5.91 Å². The van der Waals surface area contributed by atoms with Crippen molar-refractivity contribution in [2.75, 3.05) is 11.9 Å². The second-order valence-corrected chi connectivity index (χ2v) is 6.36. The number of fused-ring (bicyclic) bond motifs is 1. The summed E-state index contributed by atoms with van der Waals surface area (Å²) in [5.41, 5.74) is 6.53. The summed E-state index contributed by atoms with van der Waals surface area (Å²) in [5.74, 6) is -0.0940. The molecule has 1 aromatic heterocycles. The van der Waals surface area contributed by atoms with Crippen molar-refractivity contribution < 1.29 is 9.90 Å². The minimum absolute atomic E-state index is 0.0940. The summed E-state index contributed by atoms with van der Waals surface area (Å²) in [5, 5.41) is 12.0. The molecule has 0 spiro atoms. The Labute approximate surface area is 137 Å². The lowest BCUT2D eigenvalue weighted by Gasteiger charge is -2.00. The maximum Gasteiger partial charge on any atom is 0.256 e. The van der Waals surface area contributed by atoms with Crippen LogP contribution in [0.5, 0.6) is 0 Å². The standard InChI is InChI=1S/C17H17BrN2O2/c1-9-12(5-6-21)10(2)19-15(9)8-14-13-4-3-11(18)7-16(13)20-17(14)22/h3-4,7-8,19,21H,5-6H2,1-2H3,(H,20,22)/b14-8-. The number of hydrogen-bond acceptors (Lipinski definition) is 2. The summed E-state index contributed by atoms with van der Waals surface area (Å²) in [7, 11) is 0. The number of amides is 1. The first kappa shape index (κ1) is 15.1. The summed E-state index contributed by atoms with van der Waals surface area (Å²) in [6.45, 7) is 4.11. The Morgan fingerprint density at radius 2 is 2.09 bits per heavy atom. The van der Waals surface area contributed by atoms with E-state index in [1.807, 2.05) is 38.1 Å². The monoisotopic (exact) mass is 360 g/mol. The maximum atomic E-state index is 12.2. The Bertz CT molecular complexity index is 790. The Balaban J connectivity index is 2.07. The molecule has 0 unspecified atom stereocenters. The number of rotatable bonds is 3. The lowest BCUT2D eigenvalue weighted by atomic mass is 10.0. The van der Waals surface area contributed by atoms with Crippen LogP contribution in [0.25, 0.3) is 11.6 Å². The summed E-state index contributed by atoms with van der Waals surface area (Å²) >= 11 is 3.41. The van der Waals surface area contributed by atoms with E-state index in [-0.39, 0.29) is 12.5 Å². The SMILES string of the molecule is Cc1[nH]c(/C=C2\C(=O)Nc3cc(Br)ccc32)c(C)c1CCO. The van der Waals surface area contributed by atoms with Gasteiger partial charge in [0.1, 0.15) is 0 Å². The first-order chi connectivity index (χ1) is 10.5. The molecule has 1 aliphatic rings. The Hall–Kier alpha value is -1.85. The molecule has 3 N–H and O–H groups in total. The van der Waals surface area contributed by atoms with Gasteiger partial charge in [-0.3, -0.25) is 4.79 Å². The molecule has 0 atom stereocenters. The number of halogens is 1. The highest BCUT2D eigenvalue weighted by Gasteiger charge is 2.24.